The summed E-state index contributed by atoms with van der Waals surface area (Å²) in [6, 6.07) is 0. The number of primary amides is 1. The van der Waals surface area contributed by atoms with Crippen LogP contribution in [-0.2, 0) is 9.59 Å². The molecule has 0 aromatic carbocycles. The van der Waals surface area contributed by atoms with Gasteiger partial charge < -0.3 is 20.7 Å². The van der Waals surface area contributed by atoms with E-state index in [1.807, 2.05) is 0 Å². The van der Waals surface area contributed by atoms with Crippen LogP contribution in [-0.4, -0.2) is 50.8 Å². The molecule has 0 aliphatic heterocycles. The van der Waals surface area contributed by atoms with Gasteiger partial charge in [-0.05, 0) is 0 Å². The molecule has 0 atom stereocenters. The molecule has 0 unspecified atom stereocenters. The van der Waals surface area contributed by atoms with Crippen molar-refractivity contribution in [3.8, 4) is 0 Å². The van der Waals surface area contributed by atoms with Gasteiger partial charge in [0, 0.05) is 6.20 Å². The first-order valence-corrected chi connectivity index (χ1v) is 4.92. The van der Waals surface area contributed by atoms with Crippen molar-refractivity contribution in [1.29, 1.82) is 0 Å². The van der Waals surface area contributed by atoms with Gasteiger partial charge in [-0.3, -0.25) is 24.2 Å². The van der Waals surface area contributed by atoms with Crippen molar-refractivity contribution in [2.45, 2.75) is 0 Å². The number of aromatic amines is 2. The summed E-state index contributed by atoms with van der Waals surface area (Å²) in [6.45, 7) is -1.47. The number of carbonyl (C=O) groups is 3. The first kappa shape index (κ1) is 14.2. The number of aromatic nitrogens is 2. The maximum atomic E-state index is 11.9. The van der Waals surface area contributed by atoms with Crippen molar-refractivity contribution >= 4 is 17.8 Å². The van der Waals surface area contributed by atoms with E-state index >= 15 is 0 Å². The molecule has 1 heterocycles. The molecule has 0 bridgehead atoms. The lowest BCUT2D eigenvalue weighted by atomic mass is 10.2. The van der Waals surface area contributed by atoms with Crippen LogP contribution in [0.25, 0.3) is 0 Å². The highest BCUT2D eigenvalue weighted by Crippen LogP contribution is 1.97. The average Bonchev–Trinajstić information content (AvgIpc) is 2.26. The van der Waals surface area contributed by atoms with Crippen LogP contribution in [0.2, 0.25) is 0 Å². The van der Waals surface area contributed by atoms with Crippen LogP contribution in [0.1, 0.15) is 10.4 Å². The molecule has 0 saturated carbocycles. The third-order valence-electron chi connectivity index (χ3n) is 2.01. The van der Waals surface area contributed by atoms with Crippen LogP contribution < -0.4 is 17.0 Å². The number of hydrogen-bond donors (Lipinski definition) is 4. The third-order valence-corrected chi connectivity index (χ3v) is 2.01. The Morgan fingerprint density at radius 1 is 1.26 bits per heavy atom. The monoisotopic (exact) mass is 270 g/mol. The fourth-order valence-corrected chi connectivity index (χ4v) is 1.29. The summed E-state index contributed by atoms with van der Waals surface area (Å²) >= 11 is 0. The molecule has 0 fully saturated rings. The number of amides is 2. The fraction of sp³-hybridized carbons (Fsp3) is 0.222. The van der Waals surface area contributed by atoms with Gasteiger partial charge in [0.15, 0.2) is 0 Å². The molecule has 0 aliphatic rings. The number of nitrogens with two attached hydrogens (primary N) is 1. The minimum atomic E-state index is -1.38. The number of H-pyrrole nitrogens is 2. The van der Waals surface area contributed by atoms with Crippen molar-refractivity contribution < 1.29 is 19.5 Å². The largest absolute Gasteiger partial charge is 0.480 e. The van der Waals surface area contributed by atoms with Crippen molar-refractivity contribution in [2.75, 3.05) is 13.1 Å². The smallest absolute Gasteiger partial charge is 0.325 e. The van der Waals surface area contributed by atoms with Gasteiger partial charge in [-0.25, -0.2) is 4.79 Å². The van der Waals surface area contributed by atoms with Crippen LogP contribution in [0.15, 0.2) is 15.8 Å². The molecule has 1 aromatic rings. The lowest BCUT2D eigenvalue weighted by molar-refractivity contribution is -0.138. The van der Waals surface area contributed by atoms with Gasteiger partial charge in [0.05, 0.1) is 0 Å². The van der Waals surface area contributed by atoms with E-state index in [1.165, 1.54) is 0 Å². The van der Waals surface area contributed by atoms with Crippen molar-refractivity contribution in [2.24, 2.45) is 5.73 Å². The van der Waals surface area contributed by atoms with Gasteiger partial charge in [-0.2, -0.15) is 0 Å². The number of nitrogens with zero attached hydrogens (tertiary/aromatic N) is 1. The molecule has 19 heavy (non-hydrogen) atoms. The highest BCUT2D eigenvalue weighted by atomic mass is 16.4. The van der Waals surface area contributed by atoms with Gasteiger partial charge in [0.1, 0.15) is 18.7 Å². The molecule has 0 spiro atoms. The molecule has 5 N–H and O–H groups in total. The van der Waals surface area contributed by atoms with Gasteiger partial charge in [0.25, 0.3) is 11.5 Å². The Balaban J connectivity index is 3.11. The Hall–Kier alpha value is -2.91. The Kier molecular flexibility index (Phi) is 4.19. The van der Waals surface area contributed by atoms with E-state index in [4.69, 9.17) is 10.8 Å². The van der Waals surface area contributed by atoms with E-state index < -0.39 is 47.7 Å². The lowest BCUT2D eigenvalue weighted by Crippen LogP contribution is -2.44. The van der Waals surface area contributed by atoms with Gasteiger partial charge in [-0.1, -0.05) is 0 Å². The summed E-state index contributed by atoms with van der Waals surface area (Å²) in [5.74, 6) is -3.34. The second kappa shape index (κ2) is 5.62. The zero-order chi connectivity index (χ0) is 14.6. The van der Waals surface area contributed by atoms with Crippen molar-refractivity contribution in [3.05, 3.63) is 32.6 Å². The summed E-state index contributed by atoms with van der Waals surface area (Å²) in [6.07, 6.45) is 0.833. The molecule has 0 saturated heterocycles. The summed E-state index contributed by atoms with van der Waals surface area (Å²) < 4.78 is 0. The predicted octanol–water partition coefficient (Wildman–Crippen LogP) is -2.92. The minimum absolute atomic E-state index is 0.498. The van der Waals surface area contributed by atoms with Crippen molar-refractivity contribution in [1.82, 2.24) is 14.9 Å². The van der Waals surface area contributed by atoms with Gasteiger partial charge in [-0.15, -0.1) is 0 Å². The van der Waals surface area contributed by atoms with E-state index in [1.54, 1.807) is 4.98 Å². The number of hydrogen-bond acceptors (Lipinski definition) is 5. The number of nitrogens with one attached hydrogen (secondary N) is 2. The van der Waals surface area contributed by atoms with E-state index in [0.29, 0.717) is 4.90 Å². The summed E-state index contributed by atoms with van der Waals surface area (Å²) in [5, 5.41) is 8.62. The second-order valence-corrected chi connectivity index (χ2v) is 3.51. The van der Waals surface area contributed by atoms with E-state index in [2.05, 4.69) is 4.98 Å². The summed E-state index contributed by atoms with van der Waals surface area (Å²) in [4.78, 5) is 59.8. The third kappa shape index (κ3) is 3.80. The lowest BCUT2D eigenvalue weighted by Gasteiger charge is -2.18. The Morgan fingerprint density at radius 3 is 2.37 bits per heavy atom. The molecule has 102 valence electrons. The zero-order valence-corrected chi connectivity index (χ0v) is 9.50. The van der Waals surface area contributed by atoms with E-state index in [0.717, 1.165) is 6.20 Å². The fourth-order valence-electron chi connectivity index (χ4n) is 1.29. The highest BCUT2D eigenvalue weighted by molar-refractivity contribution is 5.97. The van der Waals surface area contributed by atoms with Crippen LogP contribution in [0.3, 0.4) is 0 Å². The van der Waals surface area contributed by atoms with Crippen LogP contribution >= 0.6 is 0 Å². The van der Waals surface area contributed by atoms with Gasteiger partial charge >= 0.3 is 11.7 Å². The SMILES string of the molecule is NC(=O)CN(CC(=O)O)C(=O)c1c[nH]c(=O)[nH]c1=O. The predicted molar refractivity (Wildman–Crippen MR) is 60.4 cm³/mol. The molecular formula is C9H10N4O6. The number of carboxylic acid groups (broad SMARTS) is 1. The van der Waals surface area contributed by atoms with Crippen LogP contribution in [0.4, 0.5) is 0 Å². The molecule has 10 nitrogen and oxygen atoms in total. The second-order valence-electron chi connectivity index (χ2n) is 3.51. The molecule has 10 heteroatoms. The van der Waals surface area contributed by atoms with Gasteiger partial charge in [0.2, 0.25) is 5.91 Å². The van der Waals surface area contributed by atoms with Crippen LogP contribution in [0, 0.1) is 0 Å². The average molecular weight is 270 g/mol. The minimum Gasteiger partial charge on any atom is -0.480 e. The maximum Gasteiger partial charge on any atom is 0.325 e. The molecular weight excluding hydrogens is 260 g/mol. The standard InChI is InChI=1S/C9H10N4O6/c10-5(14)2-13(3-6(15)16)8(18)4-1-11-9(19)12-7(4)17/h1H,2-3H2,(H2,10,14)(H,15,16)(H2,11,12,17,19). The van der Waals surface area contributed by atoms with Crippen LogP contribution in [0.5, 0.6) is 0 Å². The maximum absolute atomic E-state index is 11.9. The number of carboxylic acids is 1. The molecule has 0 radical (unpaired) electrons. The summed E-state index contributed by atoms with van der Waals surface area (Å²) in [5.41, 5.74) is 2.57. The van der Waals surface area contributed by atoms with Crippen molar-refractivity contribution in [3.63, 3.8) is 0 Å². The normalized spacial score (nSPS) is 9.89. The topological polar surface area (TPSA) is 166 Å². The van der Waals surface area contributed by atoms with E-state index in [-0.39, 0.29) is 0 Å². The Morgan fingerprint density at radius 2 is 1.89 bits per heavy atom. The highest BCUT2D eigenvalue weighted by Gasteiger charge is 2.22. The zero-order valence-electron chi connectivity index (χ0n) is 9.50. The molecule has 1 rings (SSSR count). The molecule has 2 amide bonds. The quantitative estimate of drug-likeness (QED) is 0.447. The molecule has 1 aromatic heterocycles. The number of aliphatic carboxylic acids is 1. The van der Waals surface area contributed by atoms with E-state index in [9.17, 15) is 24.0 Å². The Labute approximate surface area is 104 Å². The number of rotatable bonds is 5. The first-order chi connectivity index (χ1) is 8.81. The Bertz CT molecular complexity index is 614. The summed E-state index contributed by atoms with van der Waals surface area (Å²) in [7, 11) is 0. The number of carbonyl (C=O) groups excluding carboxylic acids is 2. The molecule has 0 aliphatic carbocycles. The first-order valence-electron chi connectivity index (χ1n) is 4.92.